The Morgan fingerprint density at radius 2 is 2.05 bits per heavy atom. The summed E-state index contributed by atoms with van der Waals surface area (Å²) in [6.07, 6.45) is 6.91. The highest BCUT2D eigenvalue weighted by atomic mass is 16.5. The molecule has 0 radical (unpaired) electrons. The van der Waals surface area contributed by atoms with E-state index in [1.165, 1.54) is 37.1 Å². The average molecular weight is 293 g/mol. The van der Waals surface area contributed by atoms with Crippen molar-refractivity contribution < 1.29 is 4.74 Å². The van der Waals surface area contributed by atoms with E-state index in [0.29, 0.717) is 6.04 Å². The molecule has 0 aliphatic heterocycles. The quantitative estimate of drug-likeness (QED) is 0.801. The second-order valence-corrected chi connectivity index (χ2v) is 6.05. The first-order chi connectivity index (χ1) is 10.2. The van der Waals surface area contributed by atoms with Gasteiger partial charge >= 0.3 is 0 Å². The molecule has 1 aromatic rings. The smallest absolute Gasteiger partial charge is 0.0838 e. The van der Waals surface area contributed by atoms with Crippen LogP contribution in [0.2, 0.25) is 0 Å². The highest BCUT2D eigenvalue weighted by Gasteiger charge is 2.41. The van der Waals surface area contributed by atoms with Crippen molar-refractivity contribution in [1.82, 2.24) is 15.1 Å². The fourth-order valence-electron chi connectivity index (χ4n) is 3.74. The minimum atomic E-state index is 0.0126. The maximum atomic E-state index is 6.23. The molecule has 0 amide bonds. The molecule has 21 heavy (non-hydrogen) atoms. The van der Waals surface area contributed by atoms with Gasteiger partial charge in [-0.15, -0.1) is 0 Å². The average Bonchev–Trinajstić information content (AvgIpc) is 3.12. The molecular weight excluding hydrogens is 262 g/mol. The molecule has 1 heterocycles. The van der Waals surface area contributed by atoms with Crippen molar-refractivity contribution in [1.29, 1.82) is 0 Å². The van der Waals surface area contributed by atoms with Gasteiger partial charge in [0.15, 0.2) is 0 Å². The van der Waals surface area contributed by atoms with E-state index >= 15 is 0 Å². The van der Waals surface area contributed by atoms with Crippen molar-refractivity contribution in [3.05, 3.63) is 17.5 Å². The van der Waals surface area contributed by atoms with Crippen LogP contribution in [-0.4, -0.2) is 35.1 Å². The van der Waals surface area contributed by atoms with Crippen LogP contribution in [0.1, 0.15) is 57.8 Å². The van der Waals surface area contributed by atoms with Gasteiger partial charge < -0.3 is 10.1 Å². The molecule has 1 atom stereocenters. The maximum Gasteiger partial charge on any atom is 0.0838 e. The van der Waals surface area contributed by atoms with Gasteiger partial charge in [-0.05, 0) is 46.2 Å². The summed E-state index contributed by atoms with van der Waals surface area (Å²) in [5.41, 5.74) is 2.54. The number of hydrogen-bond donors (Lipinski definition) is 1. The van der Waals surface area contributed by atoms with Gasteiger partial charge in [0, 0.05) is 31.3 Å². The number of aromatic nitrogens is 2. The van der Waals surface area contributed by atoms with Crippen molar-refractivity contribution in [2.24, 2.45) is 0 Å². The molecule has 1 unspecified atom stereocenters. The third kappa shape index (κ3) is 3.49. The van der Waals surface area contributed by atoms with Crippen LogP contribution in [-0.2, 0) is 24.1 Å². The summed E-state index contributed by atoms with van der Waals surface area (Å²) in [6.45, 7) is 8.18. The second kappa shape index (κ2) is 7.41. The van der Waals surface area contributed by atoms with Gasteiger partial charge in [-0.2, -0.15) is 5.10 Å². The lowest BCUT2D eigenvalue weighted by molar-refractivity contribution is -0.0600. The minimum absolute atomic E-state index is 0.0126. The molecule has 1 fully saturated rings. The van der Waals surface area contributed by atoms with Crippen molar-refractivity contribution in [3.63, 3.8) is 0 Å². The van der Waals surface area contributed by atoms with Crippen molar-refractivity contribution in [2.45, 2.75) is 77.5 Å². The summed E-state index contributed by atoms with van der Waals surface area (Å²) in [5, 5.41) is 8.21. The van der Waals surface area contributed by atoms with Gasteiger partial charge in [0.25, 0.3) is 0 Å². The highest BCUT2D eigenvalue weighted by Crippen LogP contribution is 2.37. The summed E-state index contributed by atoms with van der Waals surface area (Å²) in [4.78, 5) is 0. The lowest BCUT2D eigenvalue weighted by Gasteiger charge is -2.37. The molecule has 2 rings (SSSR count). The summed E-state index contributed by atoms with van der Waals surface area (Å²) in [7, 11) is 2.07. The molecule has 0 spiro atoms. The normalized spacial score (nSPS) is 19.0. The van der Waals surface area contributed by atoms with E-state index in [4.69, 9.17) is 4.74 Å². The zero-order valence-corrected chi connectivity index (χ0v) is 14.1. The third-order valence-corrected chi connectivity index (χ3v) is 4.85. The first-order valence-corrected chi connectivity index (χ1v) is 8.55. The molecule has 1 aliphatic carbocycles. The number of likely N-dealkylation sites (N-methyl/N-ethyl adjacent to an activating group) is 1. The van der Waals surface area contributed by atoms with Crippen LogP contribution in [0.4, 0.5) is 0 Å². The minimum Gasteiger partial charge on any atom is -0.374 e. The zero-order chi connectivity index (χ0) is 15.3. The number of rotatable bonds is 8. The van der Waals surface area contributed by atoms with Crippen molar-refractivity contribution in [3.8, 4) is 0 Å². The maximum absolute atomic E-state index is 6.23. The monoisotopic (exact) mass is 293 g/mol. The zero-order valence-electron chi connectivity index (χ0n) is 14.1. The van der Waals surface area contributed by atoms with Gasteiger partial charge in [0.1, 0.15) is 0 Å². The van der Waals surface area contributed by atoms with Gasteiger partial charge in [-0.1, -0.05) is 19.8 Å². The van der Waals surface area contributed by atoms with E-state index in [2.05, 4.69) is 49.0 Å². The molecule has 4 heteroatoms. The Morgan fingerprint density at radius 3 is 2.57 bits per heavy atom. The first kappa shape index (κ1) is 16.5. The van der Waals surface area contributed by atoms with E-state index in [1.807, 2.05) is 0 Å². The molecule has 0 aromatic carbocycles. The Kier molecular flexibility index (Phi) is 5.82. The number of aryl methyl sites for hydroxylation is 2. The molecule has 1 aromatic heterocycles. The summed E-state index contributed by atoms with van der Waals surface area (Å²) in [5.74, 6) is 0. The first-order valence-electron chi connectivity index (χ1n) is 8.55. The summed E-state index contributed by atoms with van der Waals surface area (Å²) in [6, 6.07) is 2.63. The van der Waals surface area contributed by atoms with Gasteiger partial charge in [0.05, 0.1) is 11.3 Å². The fourth-order valence-corrected chi connectivity index (χ4v) is 3.74. The Hall–Kier alpha value is -0.870. The lowest BCUT2D eigenvalue weighted by Crippen LogP contribution is -2.51. The van der Waals surface area contributed by atoms with E-state index in [0.717, 1.165) is 26.0 Å². The van der Waals surface area contributed by atoms with Crippen LogP contribution in [0.25, 0.3) is 0 Å². The third-order valence-electron chi connectivity index (χ3n) is 4.85. The molecule has 0 bridgehead atoms. The molecule has 120 valence electrons. The molecule has 1 N–H and O–H groups in total. The summed E-state index contributed by atoms with van der Waals surface area (Å²) < 4.78 is 8.38. The van der Waals surface area contributed by atoms with Crippen molar-refractivity contribution >= 4 is 0 Å². The Labute approximate surface area is 129 Å². The predicted octanol–water partition coefficient (Wildman–Crippen LogP) is 2.95. The standard InChI is InChI=1S/C17H31N3O/c1-5-14-12-15(20(6-2)19-14)13-16(18-4)17(21-7-3)10-8-9-11-17/h12,16,18H,5-11,13H2,1-4H3. The van der Waals surface area contributed by atoms with E-state index in [-0.39, 0.29) is 5.60 Å². The predicted molar refractivity (Wildman–Crippen MR) is 86.7 cm³/mol. The van der Waals surface area contributed by atoms with E-state index in [9.17, 15) is 0 Å². The van der Waals surface area contributed by atoms with E-state index < -0.39 is 0 Å². The Balaban J connectivity index is 2.19. The van der Waals surface area contributed by atoms with E-state index in [1.54, 1.807) is 0 Å². The van der Waals surface area contributed by atoms with Crippen LogP contribution in [0.3, 0.4) is 0 Å². The molecule has 1 saturated carbocycles. The Morgan fingerprint density at radius 1 is 1.33 bits per heavy atom. The van der Waals surface area contributed by atoms with Crippen LogP contribution in [0, 0.1) is 0 Å². The second-order valence-electron chi connectivity index (χ2n) is 6.05. The van der Waals surface area contributed by atoms with Crippen LogP contribution in [0.15, 0.2) is 6.07 Å². The van der Waals surface area contributed by atoms with Crippen LogP contribution in [0.5, 0.6) is 0 Å². The number of hydrogen-bond acceptors (Lipinski definition) is 3. The molecular formula is C17H31N3O. The van der Waals surface area contributed by atoms with Crippen molar-refractivity contribution in [2.75, 3.05) is 13.7 Å². The number of ether oxygens (including phenoxy) is 1. The van der Waals surface area contributed by atoms with Crippen LogP contribution >= 0.6 is 0 Å². The number of nitrogens with zero attached hydrogens (tertiary/aromatic N) is 2. The van der Waals surface area contributed by atoms with Crippen LogP contribution < -0.4 is 5.32 Å². The lowest BCUT2D eigenvalue weighted by atomic mass is 9.88. The fraction of sp³-hybridized carbons (Fsp3) is 0.824. The van der Waals surface area contributed by atoms with Gasteiger partial charge in [-0.25, -0.2) is 0 Å². The SMILES string of the molecule is CCOC1(C(Cc2cc(CC)nn2CC)NC)CCCC1. The summed E-state index contributed by atoms with van der Waals surface area (Å²) >= 11 is 0. The highest BCUT2D eigenvalue weighted by molar-refractivity contribution is 5.14. The van der Waals surface area contributed by atoms with Gasteiger partial charge in [-0.3, -0.25) is 4.68 Å². The molecule has 1 aliphatic rings. The topological polar surface area (TPSA) is 39.1 Å². The molecule has 4 nitrogen and oxygen atoms in total. The largest absolute Gasteiger partial charge is 0.374 e. The Bertz CT molecular complexity index is 435. The molecule has 0 saturated heterocycles. The van der Waals surface area contributed by atoms with Gasteiger partial charge in [0.2, 0.25) is 0 Å². The number of nitrogens with one attached hydrogen (secondary N) is 1.